The Morgan fingerprint density at radius 3 is 2.72 bits per heavy atom. The molecule has 1 aliphatic rings. The van der Waals surface area contributed by atoms with Crippen LogP contribution < -0.4 is 16.4 Å². The van der Waals surface area contributed by atoms with Crippen molar-refractivity contribution in [3.63, 3.8) is 0 Å². The van der Waals surface area contributed by atoms with Gasteiger partial charge in [0.1, 0.15) is 6.04 Å². The molecule has 0 aromatic carbocycles. The normalized spacial score (nSPS) is 29.4. The molecule has 0 radical (unpaired) electrons. The summed E-state index contributed by atoms with van der Waals surface area (Å²) >= 11 is 0. The quantitative estimate of drug-likeness (QED) is 0.685. The molecular formula is C13H25N3O2. The van der Waals surface area contributed by atoms with Gasteiger partial charge in [-0.05, 0) is 32.6 Å². The summed E-state index contributed by atoms with van der Waals surface area (Å²) in [6.45, 7) is 6.20. The van der Waals surface area contributed by atoms with Crippen LogP contribution in [0.25, 0.3) is 0 Å². The van der Waals surface area contributed by atoms with Gasteiger partial charge in [0.2, 0.25) is 11.8 Å². The molecule has 1 aliphatic carbocycles. The molecule has 104 valence electrons. The van der Waals surface area contributed by atoms with Crippen molar-refractivity contribution >= 4 is 11.8 Å². The van der Waals surface area contributed by atoms with E-state index in [-0.39, 0.29) is 11.8 Å². The van der Waals surface area contributed by atoms with Gasteiger partial charge in [-0.15, -0.1) is 0 Å². The maximum absolute atomic E-state index is 12.2. The Kier molecular flexibility index (Phi) is 5.14. The van der Waals surface area contributed by atoms with Gasteiger partial charge < -0.3 is 16.4 Å². The molecular weight excluding hydrogens is 230 g/mol. The molecule has 0 saturated heterocycles. The summed E-state index contributed by atoms with van der Waals surface area (Å²) in [6, 6.07) is -0.532. The largest absolute Gasteiger partial charge is 0.355 e. The van der Waals surface area contributed by atoms with Crippen molar-refractivity contribution in [2.75, 3.05) is 6.54 Å². The van der Waals surface area contributed by atoms with E-state index in [2.05, 4.69) is 17.6 Å². The smallest absolute Gasteiger partial charge is 0.242 e. The Labute approximate surface area is 109 Å². The lowest BCUT2D eigenvalue weighted by atomic mass is 9.76. The summed E-state index contributed by atoms with van der Waals surface area (Å²) in [5.41, 5.74) is 5.36. The predicted molar refractivity (Wildman–Crippen MR) is 70.8 cm³/mol. The van der Waals surface area contributed by atoms with E-state index in [9.17, 15) is 9.59 Å². The van der Waals surface area contributed by atoms with Crippen LogP contribution in [0.2, 0.25) is 0 Å². The third-order valence-electron chi connectivity index (χ3n) is 3.58. The molecule has 1 rings (SSSR count). The average Bonchev–Trinajstić information content (AvgIpc) is 2.28. The topological polar surface area (TPSA) is 84.2 Å². The fourth-order valence-electron chi connectivity index (χ4n) is 2.53. The van der Waals surface area contributed by atoms with Gasteiger partial charge in [0, 0.05) is 6.54 Å². The molecule has 0 aliphatic heterocycles. The highest BCUT2D eigenvalue weighted by Gasteiger charge is 2.38. The lowest BCUT2D eigenvalue weighted by Crippen LogP contribution is -2.59. The van der Waals surface area contributed by atoms with Gasteiger partial charge in [-0.3, -0.25) is 9.59 Å². The second-order valence-corrected chi connectivity index (χ2v) is 5.45. The van der Waals surface area contributed by atoms with Gasteiger partial charge in [0.05, 0.1) is 5.54 Å². The molecule has 0 aromatic rings. The minimum absolute atomic E-state index is 0.168. The van der Waals surface area contributed by atoms with Crippen molar-refractivity contribution in [1.82, 2.24) is 10.6 Å². The summed E-state index contributed by atoms with van der Waals surface area (Å²) in [4.78, 5) is 23.7. The van der Waals surface area contributed by atoms with Crippen LogP contribution in [-0.2, 0) is 9.59 Å². The first-order valence-electron chi connectivity index (χ1n) is 6.76. The van der Waals surface area contributed by atoms with Crippen LogP contribution in [0.1, 0.15) is 46.5 Å². The maximum Gasteiger partial charge on any atom is 0.242 e. The monoisotopic (exact) mass is 255 g/mol. The average molecular weight is 255 g/mol. The van der Waals surface area contributed by atoms with E-state index < -0.39 is 11.6 Å². The minimum Gasteiger partial charge on any atom is -0.355 e. The van der Waals surface area contributed by atoms with Crippen LogP contribution in [0, 0.1) is 5.92 Å². The maximum atomic E-state index is 12.2. The molecule has 2 amide bonds. The zero-order chi connectivity index (χ0) is 13.8. The second-order valence-electron chi connectivity index (χ2n) is 5.45. The summed E-state index contributed by atoms with van der Waals surface area (Å²) < 4.78 is 0. The van der Waals surface area contributed by atoms with Crippen molar-refractivity contribution in [2.24, 2.45) is 11.7 Å². The minimum atomic E-state index is -0.807. The van der Waals surface area contributed by atoms with Gasteiger partial charge in [-0.1, -0.05) is 19.8 Å². The van der Waals surface area contributed by atoms with Crippen molar-refractivity contribution in [3.05, 3.63) is 0 Å². The summed E-state index contributed by atoms with van der Waals surface area (Å²) in [7, 11) is 0. The molecule has 0 heterocycles. The molecule has 5 heteroatoms. The summed E-state index contributed by atoms with van der Waals surface area (Å²) in [5.74, 6) is 0.0976. The van der Waals surface area contributed by atoms with Crippen LogP contribution in [0.3, 0.4) is 0 Å². The molecule has 0 aromatic heterocycles. The Morgan fingerprint density at radius 2 is 2.17 bits per heavy atom. The van der Waals surface area contributed by atoms with Crippen LogP contribution >= 0.6 is 0 Å². The standard InChI is InChI=1S/C13H25N3O2/c1-4-15-11(17)10(3)16-12(18)13(14)7-5-6-9(2)8-13/h9-10H,4-8,14H2,1-3H3,(H,15,17)(H,16,18). The highest BCUT2D eigenvalue weighted by molar-refractivity contribution is 5.91. The third kappa shape index (κ3) is 3.70. The van der Waals surface area contributed by atoms with Crippen molar-refractivity contribution < 1.29 is 9.59 Å². The number of hydrogen-bond acceptors (Lipinski definition) is 3. The fraction of sp³-hybridized carbons (Fsp3) is 0.846. The highest BCUT2D eigenvalue weighted by Crippen LogP contribution is 2.30. The van der Waals surface area contributed by atoms with Gasteiger partial charge in [0.25, 0.3) is 0 Å². The third-order valence-corrected chi connectivity index (χ3v) is 3.58. The predicted octanol–water partition coefficient (Wildman–Crippen LogP) is 0.535. The van der Waals surface area contributed by atoms with Gasteiger partial charge in [-0.25, -0.2) is 0 Å². The van der Waals surface area contributed by atoms with E-state index in [0.29, 0.717) is 25.3 Å². The van der Waals surface area contributed by atoms with Crippen molar-refractivity contribution in [1.29, 1.82) is 0 Å². The van der Waals surface area contributed by atoms with Crippen LogP contribution in [0.4, 0.5) is 0 Å². The van der Waals surface area contributed by atoms with Crippen LogP contribution in [-0.4, -0.2) is 29.9 Å². The molecule has 18 heavy (non-hydrogen) atoms. The van der Waals surface area contributed by atoms with E-state index in [4.69, 9.17) is 5.73 Å². The summed E-state index contributed by atoms with van der Waals surface area (Å²) in [5, 5.41) is 5.40. The Hall–Kier alpha value is -1.10. The molecule has 0 spiro atoms. The van der Waals surface area contributed by atoms with E-state index >= 15 is 0 Å². The Bertz CT molecular complexity index is 319. The molecule has 0 bridgehead atoms. The lowest BCUT2D eigenvalue weighted by molar-refractivity contribution is -0.132. The SMILES string of the molecule is CCNC(=O)C(C)NC(=O)C1(N)CCCC(C)C1. The van der Waals surface area contributed by atoms with E-state index in [0.717, 1.165) is 12.8 Å². The highest BCUT2D eigenvalue weighted by atomic mass is 16.2. The van der Waals surface area contributed by atoms with Gasteiger partial charge in [0.15, 0.2) is 0 Å². The number of hydrogen-bond donors (Lipinski definition) is 3. The van der Waals surface area contributed by atoms with E-state index in [1.807, 2.05) is 6.92 Å². The van der Waals surface area contributed by atoms with Crippen LogP contribution in [0.5, 0.6) is 0 Å². The van der Waals surface area contributed by atoms with Gasteiger partial charge in [-0.2, -0.15) is 0 Å². The summed E-state index contributed by atoms with van der Waals surface area (Å²) in [6.07, 6.45) is 3.49. The number of likely N-dealkylation sites (N-methyl/N-ethyl adjacent to an activating group) is 1. The first-order chi connectivity index (χ1) is 8.39. The fourth-order valence-corrected chi connectivity index (χ4v) is 2.53. The zero-order valence-electron chi connectivity index (χ0n) is 11.6. The molecule has 5 nitrogen and oxygen atoms in total. The first kappa shape index (κ1) is 15.0. The van der Waals surface area contributed by atoms with E-state index in [1.165, 1.54) is 0 Å². The number of nitrogens with one attached hydrogen (secondary N) is 2. The molecule has 4 N–H and O–H groups in total. The Morgan fingerprint density at radius 1 is 1.50 bits per heavy atom. The number of carbonyl (C=O) groups excluding carboxylic acids is 2. The first-order valence-corrected chi connectivity index (χ1v) is 6.76. The van der Waals surface area contributed by atoms with Crippen molar-refractivity contribution in [3.8, 4) is 0 Å². The molecule has 1 fully saturated rings. The number of amides is 2. The number of carbonyl (C=O) groups is 2. The Balaban J connectivity index is 2.56. The molecule has 3 unspecified atom stereocenters. The molecule has 1 saturated carbocycles. The van der Waals surface area contributed by atoms with Gasteiger partial charge >= 0.3 is 0 Å². The number of rotatable bonds is 4. The zero-order valence-corrected chi connectivity index (χ0v) is 11.6. The molecule has 3 atom stereocenters. The lowest BCUT2D eigenvalue weighted by Gasteiger charge is -2.36. The van der Waals surface area contributed by atoms with E-state index in [1.54, 1.807) is 6.92 Å². The second kappa shape index (κ2) is 6.18. The number of nitrogens with two attached hydrogens (primary N) is 1. The van der Waals surface area contributed by atoms with Crippen molar-refractivity contribution in [2.45, 2.75) is 58.0 Å². The van der Waals surface area contributed by atoms with Crippen LogP contribution in [0.15, 0.2) is 0 Å².